The molecule has 12 atom stereocenters. The quantitative estimate of drug-likeness (QED) is 0.150. The Morgan fingerprint density at radius 3 is 1.34 bits per heavy atom. The Kier molecular flexibility index (Phi) is 14.1. The number of benzene rings is 4. The van der Waals surface area contributed by atoms with Gasteiger partial charge < -0.3 is 22.1 Å². The van der Waals surface area contributed by atoms with E-state index in [9.17, 15) is 19.2 Å². The van der Waals surface area contributed by atoms with Gasteiger partial charge in [0.15, 0.2) is 23.1 Å². The number of Topliss-reactive ketones (excluding diaryl/α,β-unsaturated/α-hetero) is 4. The van der Waals surface area contributed by atoms with Crippen LogP contribution in [0.5, 0.6) is 0 Å². The lowest BCUT2D eigenvalue weighted by atomic mass is 9.75. The van der Waals surface area contributed by atoms with E-state index in [2.05, 4.69) is 10.6 Å². The lowest BCUT2D eigenvalue weighted by molar-refractivity contribution is -0.128. The van der Waals surface area contributed by atoms with E-state index in [0.29, 0.717) is 39.9 Å². The van der Waals surface area contributed by atoms with E-state index < -0.39 is 84.9 Å². The summed E-state index contributed by atoms with van der Waals surface area (Å²) in [5.74, 6) is -0.920. The van der Waals surface area contributed by atoms with Crippen molar-refractivity contribution < 1.29 is 30.1 Å². The molecule has 12 heteroatoms. The maximum Gasteiger partial charge on any atom is 0.157 e. The van der Waals surface area contributed by atoms with Crippen LogP contribution >= 0.6 is 46.4 Å². The third-order valence-electron chi connectivity index (χ3n) is 11.8. The summed E-state index contributed by atoms with van der Waals surface area (Å²) in [5.41, 5.74) is 9.89. The van der Waals surface area contributed by atoms with Gasteiger partial charge in [0.25, 0.3) is 0 Å². The second kappa shape index (κ2) is 22.5. The van der Waals surface area contributed by atoms with Gasteiger partial charge in [0.05, 0.1) is 0 Å². The van der Waals surface area contributed by atoms with E-state index >= 15 is 0 Å². The summed E-state index contributed by atoms with van der Waals surface area (Å²) in [6.45, 7) is 0. The molecule has 0 radical (unpaired) electrons. The van der Waals surface area contributed by atoms with Crippen molar-refractivity contribution in [1.82, 2.24) is 10.6 Å². The molecule has 332 valence electrons. The lowest BCUT2D eigenvalue weighted by Gasteiger charge is -2.36. The highest BCUT2D eigenvalue weighted by Crippen LogP contribution is 2.40. The largest absolute Gasteiger partial charge is 0.315 e. The first-order valence-corrected chi connectivity index (χ1v) is 22.0. The summed E-state index contributed by atoms with van der Waals surface area (Å²) in [7, 11) is 3.36. The molecule has 4 aliphatic rings. The van der Waals surface area contributed by atoms with Crippen LogP contribution in [0.3, 0.4) is 0 Å². The summed E-state index contributed by atoms with van der Waals surface area (Å²) in [6.07, 6.45) is -3.37. The molecule has 6 N–H and O–H groups in total. The highest BCUT2D eigenvalue weighted by Gasteiger charge is 2.43. The van der Waals surface area contributed by atoms with E-state index in [0.717, 1.165) is 43.2 Å². The van der Waals surface area contributed by atoms with Gasteiger partial charge in [-0.1, -0.05) is 145 Å². The van der Waals surface area contributed by atoms with Gasteiger partial charge in [0, 0.05) is 56.7 Å². The number of ketones is 4. The van der Waals surface area contributed by atoms with Crippen molar-refractivity contribution in [2.45, 2.75) is 125 Å². The van der Waals surface area contributed by atoms with Crippen LogP contribution in [-0.2, 0) is 41.3 Å². The van der Waals surface area contributed by atoms with Crippen molar-refractivity contribution in [1.29, 1.82) is 0 Å². The molecule has 4 saturated carbocycles. The lowest BCUT2D eigenvalue weighted by Crippen LogP contribution is -2.49. The smallest absolute Gasteiger partial charge is 0.157 e. The third kappa shape index (κ3) is 10.9. The van der Waals surface area contributed by atoms with Gasteiger partial charge in [-0.2, -0.15) is 0 Å². The molecule has 4 fully saturated rings. The zero-order valence-electron chi connectivity index (χ0n) is 42.8. The minimum absolute atomic E-state index is 0.113. The first kappa shape index (κ1) is 39.0. The molecule has 0 amide bonds. The van der Waals surface area contributed by atoms with Crippen LogP contribution in [0.1, 0.15) is 136 Å². The average molecular weight is 931 g/mol. The van der Waals surface area contributed by atoms with E-state index in [1.165, 1.54) is 13.1 Å². The summed E-state index contributed by atoms with van der Waals surface area (Å²) in [6, 6.07) is 28.0. The normalized spacial score (nSPS) is 37.5. The molecule has 8 nitrogen and oxygen atoms in total. The van der Waals surface area contributed by atoms with Crippen LogP contribution < -0.4 is 22.1 Å². The van der Waals surface area contributed by atoms with Crippen LogP contribution in [0.4, 0.5) is 0 Å². The van der Waals surface area contributed by atoms with Gasteiger partial charge in [-0.15, -0.1) is 0 Å². The standard InChI is InChI=1S/2C13H16ClNO.2C12H14ClNO/c2*1-15-13(9-5-4-8-12(13)16)10-6-2-3-7-11(10)14;2*13-10-6-2-1-5-9(10)12(14)8-4-3-7-11(12)15/h2*2-3,6-7,15H,4-5,8-9H2,1H3;2*1-2,5-6H,3-4,7-8,14H2/i4D,5D,8D,9D;;3D,4D,7D,8D;. The Bertz CT molecular complexity index is 2520. The number of hydrogen-bond donors (Lipinski definition) is 4. The summed E-state index contributed by atoms with van der Waals surface area (Å²) in [5, 5.41) is 7.82. The van der Waals surface area contributed by atoms with Crippen LogP contribution in [-0.4, -0.2) is 37.2 Å². The fraction of sp³-hybridized carbons (Fsp3) is 0.440. The highest BCUT2D eigenvalue weighted by atomic mass is 35.5. The Balaban J connectivity index is 0.000000175. The zero-order chi connectivity index (χ0) is 51.9. The first-order chi connectivity index (χ1) is 33.0. The van der Waals surface area contributed by atoms with Gasteiger partial charge in [0.2, 0.25) is 0 Å². The fourth-order valence-corrected chi connectivity index (χ4v) is 9.35. The van der Waals surface area contributed by atoms with Gasteiger partial charge in [0.1, 0.15) is 22.2 Å². The molecule has 0 aromatic heterocycles. The molecule has 4 aromatic carbocycles. The fourth-order valence-electron chi connectivity index (χ4n) is 8.17. The van der Waals surface area contributed by atoms with Crippen LogP contribution in [0.15, 0.2) is 97.1 Å². The van der Waals surface area contributed by atoms with Crippen molar-refractivity contribution >= 4 is 69.5 Å². The predicted molar refractivity (Wildman–Crippen MR) is 253 cm³/mol. The van der Waals surface area contributed by atoms with Gasteiger partial charge in [-0.3, -0.25) is 19.2 Å². The molecule has 4 aliphatic carbocycles. The molecule has 0 spiro atoms. The second-order valence-electron chi connectivity index (χ2n) is 15.4. The zero-order valence-corrected chi connectivity index (χ0v) is 37.8. The minimum atomic E-state index is -1.80. The van der Waals surface area contributed by atoms with Crippen molar-refractivity contribution in [3.8, 4) is 0 Å². The van der Waals surface area contributed by atoms with Gasteiger partial charge >= 0.3 is 0 Å². The Morgan fingerprint density at radius 1 is 0.468 bits per heavy atom. The Morgan fingerprint density at radius 2 is 0.871 bits per heavy atom. The van der Waals surface area contributed by atoms with E-state index in [1.807, 2.05) is 49.5 Å². The second-order valence-corrected chi connectivity index (χ2v) is 17.0. The van der Waals surface area contributed by atoms with Crippen LogP contribution in [0.25, 0.3) is 0 Å². The molecule has 12 unspecified atom stereocenters. The topological polar surface area (TPSA) is 144 Å². The van der Waals surface area contributed by atoms with E-state index in [4.69, 9.17) is 68.8 Å². The maximum atomic E-state index is 12.6. The number of likely N-dealkylation sites (N-methyl/N-ethyl adjacent to an activating group) is 2. The van der Waals surface area contributed by atoms with E-state index in [-0.39, 0.29) is 22.2 Å². The molecule has 62 heavy (non-hydrogen) atoms. The number of rotatable bonds is 6. The SMILES string of the molecule is CNC1(c2ccccc2Cl)CCCCC1=O.NC1(c2ccccc2Cl)CCCCC1=O.[2H]C1C(=O)C(N)(c2ccccc2Cl)C([2H])C([2H])C1[2H].[2H]C1C(=O)C(NC)(c2ccccc2Cl)C([2H])C([2H])C1[2H]. The Labute approximate surface area is 398 Å². The summed E-state index contributed by atoms with van der Waals surface area (Å²) < 4.78 is 63.0. The number of halogens is 4. The molecular formula is C50H60Cl4N4O4. The highest BCUT2D eigenvalue weighted by molar-refractivity contribution is 6.33. The van der Waals surface area contributed by atoms with Crippen molar-refractivity contribution in [2.24, 2.45) is 11.5 Å². The molecule has 0 aliphatic heterocycles. The van der Waals surface area contributed by atoms with Crippen molar-refractivity contribution in [3.63, 3.8) is 0 Å². The Hall–Kier alpha value is -3.44. The van der Waals surface area contributed by atoms with Gasteiger partial charge in [-0.05, 0) is 112 Å². The molecule has 0 bridgehead atoms. The first-order valence-electron chi connectivity index (χ1n) is 25.1. The number of nitrogens with one attached hydrogen (secondary N) is 2. The average Bonchev–Trinajstić information content (AvgIpc) is 3.36. The number of carbonyl (C=O) groups excluding carboxylic acids is 4. The van der Waals surface area contributed by atoms with Crippen LogP contribution in [0, 0.1) is 0 Å². The molecule has 4 aromatic rings. The maximum absolute atomic E-state index is 12.6. The molecule has 0 heterocycles. The summed E-state index contributed by atoms with van der Waals surface area (Å²) in [4.78, 5) is 48.9. The monoisotopic (exact) mass is 928 g/mol. The third-order valence-corrected chi connectivity index (χ3v) is 13.1. The van der Waals surface area contributed by atoms with Crippen molar-refractivity contribution in [2.75, 3.05) is 14.1 Å². The number of carbonyl (C=O) groups is 4. The minimum Gasteiger partial charge on any atom is -0.315 e. The number of nitrogens with two attached hydrogens (primary N) is 2. The van der Waals surface area contributed by atoms with Crippen molar-refractivity contribution in [3.05, 3.63) is 139 Å². The molecule has 0 saturated heterocycles. The molecular weight excluding hydrogens is 862 g/mol. The number of hydrogen-bond acceptors (Lipinski definition) is 8. The summed E-state index contributed by atoms with van der Waals surface area (Å²) >= 11 is 24.4. The molecule has 8 rings (SSSR count). The van der Waals surface area contributed by atoms with Gasteiger partial charge in [-0.25, -0.2) is 0 Å². The predicted octanol–water partition coefficient (Wildman–Crippen LogP) is 11.1. The van der Waals surface area contributed by atoms with Crippen LogP contribution in [0.2, 0.25) is 20.1 Å². The van der Waals surface area contributed by atoms with E-state index in [1.54, 1.807) is 48.5 Å².